The first-order valence-corrected chi connectivity index (χ1v) is 18.5. The molecule has 6 aromatic carbocycles. The number of aromatic hydroxyl groups is 1. The number of phenols is 1. The van der Waals surface area contributed by atoms with Crippen molar-refractivity contribution in [1.29, 1.82) is 0 Å². The van der Waals surface area contributed by atoms with E-state index in [2.05, 4.69) is 101 Å². The molecule has 4 nitrogen and oxygen atoms in total. The first-order chi connectivity index (χ1) is 29.2. The Morgan fingerprint density at radius 3 is 2.05 bits per heavy atom. The van der Waals surface area contributed by atoms with Gasteiger partial charge in [-0.15, -0.1) is 0 Å². The number of para-hydroxylation sites is 2. The number of nitrogens with zero attached hydrogens (tertiary/aromatic N) is 3. The predicted molar refractivity (Wildman–Crippen MR) is 230 cm³/mol. The SMILES string of the molecule is [2H]c1c([2H])c(C([2H])([2H])[2H])c([2H])c([2H])c1-c1ccnc(-c2cc(-c3cccc4c3nc(-c3ccccc3O)n4-c3ccc(-c4ccccc4)c(C(C)(C)C)c3)cc(C(C)(C)C)c2)c1. The van der Waals surface area contributed by atoms with Crippen LogP contribution in [0.25, 0.3) is 72.7 Å². The van der Waals surface area contributed by atoms with Gasteiger partial charge in [0.25, 0.3) is 0 Å². The molecule has 0 atom stereocenters. The number of fused-ring (bicyclic) bond motifs is 1. The Morgan fingerprint density at radius 2 is 1.33 bits per heavy atom. The molecule has 2 heterocycles. The van der Waals surface area contributed by atoms with Gasteiger partial charge in [-0.3, -0.25) is 9.55 Å². The number of aromatic nitrogens is 3. The number of rotatable bonds is 6. The molecule has 0 radical (unpaired) electrons. The van der Waals surface area contributed by atoms with E-state index in [0.717, 1.165) is 50.1 Å². The molecular formula is C51H47N3O. The summed E-state index contributed by atoms with van der Waals surface area (Å²) in [5.74, 6) is 0.698. The second-order valence-corrected chi connectivity index (χ2v) is 16.0. The second kappa shape index (κ2) is 13.9. The van der Waals surface area contributed by atoms with Crippen LogP contribution < -0.4 is 0 Å². The molecular weight excluding hydrogens is 671 g/mol. The zero-order valence-electron chi connectivity index (χ0n) is 38.9. The summed E-state index contributed by atoms with van der Waals surface area (Å²) in [7, 11) is 0. The van der Waals surface area contributed by atoms with Gasteiger partial charge in [0.05, 0.1) is 27.8 Å². The van der Waals surface area contributed by atoms with Gasteiger partial charge < -0.3 is 5.11 Å². The first-order valence-electron chi connectivity index (χ1n) is 22.0. The molecule has 1 N–H and O–H groups in total. The molecule has 0 fully saturated rings. The van der Waals surface area contributed by atoms with Crippen molar-refractivity contribution in [2.24, 2.45) is 0 Å². The van der Waals surface area contributed by atoms with Crippen LogP contribution in [-0.4, -0.2) is 19.6 Å². The normalized spacial score (nSPS) is 14.0. The van der Waals surface area contributed by atoms with Crippen molar-refractivity contribution in [3.05, 3.63) is 168 Å². The number of phenolic OH excluding ortho intramolecular Hbond substituents is 1. The fourth-order valence-corrected chi connectivity index (χ4v) is 7.16. The average molecular weight is 725 g/mol. The van der Waals surface area contributed by atoms with Gasteiger partial charge in [0, 0.05) is 27.1 Å². The summed E-state index contributed by atoms with van der Waals surface area (Å²) in [6.07, 6.45) is 1.56. The monoisotopic (exact) mass is 724 g/mol. The molecule has 0 unspecified atom stereocenters. The Balaban J connectivity index is 1.35. The first kappa shape index (κ1) is 28.2. The molecule has 0 bridgehead atoms. The zero-order chi connectivity index (χ0) is 44.5. The van der Waals surface area contributed by atoms with Crippen LogP contribution in [0.3, 0.4) is 0 Å². The van der Waals surface area contributed by atoms with Crippen LogP contribution in [0.2, 0.25) is 0 Å². The summed E-state index contributed by atoms with van der Waals surface area (Å²) in [6.45, 7) is 10.2. The van der Waals surface area contributed by atoms with Crippen molar-refractivity contribution in [3.63, 3.8) is 0 Å². The van der Waals surface area contributed by atoms with Crippen LogP contribution >= 0.6 is 0 Å². The molecule has 0 saturated carbocycles. The van der Waals surface area contributed by atoms with Crippen LogP contribution in [-0.2, 0) is 10.8 Å². The molecule has 0 saturated heterocycles. The Labute approximate surface area is 334 Å². The summed E-state index contributed by atoms with van der Waals surface area (Å²) in [6, 6.07) is 37.8. The minimum atomic E-state index is -2.81. The van der Waals surface area contributed by atoms with Gasteiger partial charge >= 0.3 is 0 Å². The molecule has 0 aliphatic carbocycles. The summed E-state index contributed by atoms with van der Waals surface area (Å²) in [5.41, 5.74) is 9.84. The number of hydrogen-bond donors (Lipinski definition) is 1. The van der Waals surface area contributed by atoms with Crippen LogP contribution in [0.4, 0.5) is 0 Å². The molecule has 0 spiro atoms. The summed E-state index contributed by atoms with van der Waals surface area (Å²) >= 11 is 0. The lowest BCUT2D eigenvalue weighted by molar-refractivity contribution is 0.477. The smallest absolute Gasteiger partial charge is 0.149 e. The van der Waals surface area contributed by atoms with Gasteiger partial charge in [0.2, 0.25) is 0 Å². The van der Waals surface area contributed by atoms with Crippen molar-refractivity contribution in [2.75, 3.05) is 0 Å². The van der Waals surface area contributed by atoms with Crippen molar-refractivity contribution >= 4 is 11.0 Å². The van der Waals surface area contributed by atoms with Gasteiger partial charge in [0.1, 0.15) is 11.6 Å². The third kappa shape index (κ3) is 6.97. The highest BCUT2D eigenvalue weighted by atomic mass is 16.3. The van der Waals surface area contributed by atoms with Gasteiger partial charge in [-0.25, -0.2) is 4.98 Å². The van der Waals surface area contributed by atoms with E-state index in [4.69, 9.17) is 19.6 Å². The highest BCUT2D eigenvalue weighted by Gasteiger charge is 2.25. The number of pyridine rings is 1. The third-order valence-corrected chi connectivity index (χ3v) is 10.1. The van der Waals surface area contributed by atoms with Crippen LogP contribution in [0, 0.1) is 6.85 Å². The molecule has 272 valence electrons. The molecule has 0 aliphatic rings. The number of hydrogen-bond acceptors (Lipinski definition) is 3. The average Bonchev–Trinajstić information content (AvgIpc) is 3.62. The van der Waals surface area contributed by atoms with Gasteiger partial charge in [-0.05, 0) is 111 Å². The Kier molecular flexibility index (Phi) is 7.11. The molecule has 0 aliphatic heterocycles. The van der Waals surface area contributed by atoms with E-state index in [1.807, 2.05) is 42.5 Å². The van der Waals surface area contributed by atoms with E-state index in [1.54, 1.807) is 30.5 Å². The quantitative estimate of drug-likeness (QED) is 0.186. The van der Waals surface area contributed by atoms with Gasteiger partial charge in [-0.2, -0.15) is 0 Å². The van der Waals surface area contributed by atoms with E-state index in [1.165, 1.54) is 5.56 Å². The highest BCUT2D eigenvalue weighted by molar-refractivity contribution is 5.97. The molecule has 2 aromatic heterocycles. The molecule has 4 heteroatoms. The zero-order valence-corrected chi connectivity index (χ0v) is 31.9. The fourth-order valence-electron chi connectivity index (χ4n) is 7.16. The third-order valence-electron chi connectivity index (χ3n) is 10.1. The fraction of sp³-hybridized carbons (Fsp3) is 0.176. The maximum atomic E-state index is 11.3. The minimum absolute atomic E-state index is 0.00210. The largest absolute Gasteiger partial charge is 0.507 e. The lowest BCUT2D eigenvalue weighted by Crippen LogP contribution is -2.14. The maximum Gasteiger partial charge on any atom is 0.149 e. The lowest BCUT2D eigenvalue weighted by Gasteiger charge is -2.25. The van der Waals surface area contributed by atoms with Crippen molar-refractivity contribution in [3.8, 4) is 67.5 Å². The van der Waals surface area contributed by atoms with E-state index < -0.39 is 36.6 Å². The molecule has 8 rings (SSSR count). The van der Waals surface area contributed by atoms with E-state index in [-0.39, 0.29) is 22.1 Å². The molecule has 0 amide bonds. The lowest BCUT2D eigenvalue weighted by atomic mass is 9.81. The minimum Gasteiger partial charge on any atom is -0.507 e. The van der Waals surface area contributed by atoms with Crippen LogP contribution in [0.1, 0.15) is 67.8 Å². The number of benzene rings is 6. The van der Waals surface area contributed by atoms with Gasteiger partial charge in [-0.1, -0.05) is 138 Å². The Hall–Kier alpha value is -6.26. The van der Waals surface area contributed by atoms with E-state index in [0.29, 0.717) is 22.6 Å². The maximum absolute atomic E-state index is 11.3. The topological polar surface area (TPSA) is 50.9 Å². The second-order valence-electron chi connectivity index (χ2n) is 16.0. The van der Waals surface area contributed by atoms with E-state index >= 15 is 0 Å². The molecule has 55 heavy (non-hydrogen) atoms. The van der Waals surface area contributed by atoms with E-state index in [9.17, 15) is 5.11 Å². The Morgan fingerprint density at radius 1 is 0.600 bits per heavy atom. The number of imidazole rings is 1. The standard InChI is InChI=1S/C51H47N3O/c1-33-20-22-34(23-21-33)36-26-27-52-45(31-36)38-28-37(29-39(30-38)50(2,3)4)42-17-13-18-46-48(42)53-49(43-16-11-12-19-47(43)55)54(46)40-24-25-41(35-14-9-8-10-15-35)44(32-40)51(5,6)7/h8-32,55H,1-7H3/i1D3,20D,21D,22D,23D. The molecule has 8 aromatic rings. The predicted octanol–water partition coefficient (Wildman–Crippen LogP) is 13.4. The van der Waals surface area contributed by atoms with Gasteiger partial charge in [0.15, 0.2) is 0 Å². The highest BCUT2D eigenvalue weighted by Crippen LogP contribution is 2.42. The van der Waals surface area contributed by atoms with Crippen LogP contribution in [0.5, 0.6) is 5.75 Å². The summed E-state index contributed by atoms with van der Waals surface area (Å²) in [5, 5.41) is 11.3. The summed E-state index contributed by atoms with van der Waals surface area (Å²) < 4.78 is 60.3. The van der Waals surface area contributed by atoms with Crippen molar-refractivity contribution in [1.82, 2.24) is 14.5 Å². The Bertz CT molecular complexity index is 3000. The van der Waals surface area contributed by atoms with Crippen molar-refractivity contribution in [2.45, 2.75) is 59.2 Å². The van der Waals surface area contributed by atoms with Crippen LogP contribution in [0.15, 0.2) is 152 Å². The van der Waals surface area contributed by atoms with Crippen molar-refractivity contribution < 1.29 is 14.7 Å². The summed E-state index contributed by atoms with van der Waals surface area (Å²) in [4.78, 5) is 10.1.